The predicted octanol–water partition coefficient (Wildman–Crippen LogP) is -0.0131. The predicted molar refractivity (Wildman–Crippen MR) is 46.3 cm³/mol. The van der Waals surface area contributed by atoms with E-state index in [2.05, 4.69) is 15.1 Å². The zero-order chi connectivity index (χ0) is 8.84. The highest BCUT2D eigenvalue weighted by Crippen LogP contribution is 2.12. The van der Waals surface area contributed by atoms with Crippen molar-refractivity contribution in [2.75, 3.05) is 0 Å². The minimum Gasteiger partial charge on any atom is -0.278 e. The number of aromatic nitrogens is 4. The van der Waals surface area contributed by atoms with Crippen LogP contribution in [0.2, 0.25) is 0 Å². The van der Waals surface area contributed by atoms with E-state index in [1.54, 1.807) is 6.08 Å². The lowest BCUT2D eigenvalue weighted by molar-refractivity contribution is 0.882. The highest BCUT2D eigenvalue weighted by molar-refractivity contribution is 5.58. The second-order valence-corrected chi connectivity index (χ2v) is 2.91. The standard InChI is InChI=1S/C8H6N4O/c13-7-5-2-1-3-6(5)11-8-9-4-10-12(7)8/h1-2,4H,3H2,(H,9,10,11). The van der Waals surface area contributed by atoms with E-state index in [0.29, 0.717) is 11.3 Å². The molecular weight excluding hydrogens is 168 g/mol. The Labute approximate surface area is 72.7 Å². The first-order chi connectivity index (χ1) is 6.36. The van der Waals surface area contributed by atoms with E-state index >= 15 is 0 Å². The topological polar surface area (TPSA) is 63.0 Å². The SMILES string of the molecule is O=c1c2c(nc3nc[nH]n13)CC=C2. The lowest BCUT2D eigenvalue weighted by Crippen LogP contribution is -2.19. The van der Waals surface area contributed by atoms with Crippen molar-refractivity contribution in [3.8, 4) is 0 Å². The van der Waals surface area contributed by atoms with Crippen LogP contribution < -0.4 is 5.56 Å². The summed E-state index contributed by atoms with van der Waals surface area (Å²) in [6.45, 7) is 0. The number of rotatable bonds is 0. The molecule has 2 aromatic rings. The first-order valence-electron chi connectivity index (χ1n) is 3.98. The van der Waals surface area contributed by atoms with Crippen LogP contribution in [0.25, 0.3) is 11.9 Å². The molecule has 5 heteroatoms. The largest absolute Gasteiger partial charge is 0.281 e. The van der Waals surface area contributed by atoms with Gasteiger partial charge in [-0.15, -0.1) is 0 Å². The Morgan fingerprint density at radius 3 is 3.38 bits per heavy atom. The second-order valence-electron chi connectivity index (χ2n) is 2.91. The van der Waals surface area contributed by atoms with Crippen LogP contribution in [0.5, 0.6) is 0 Å². The Morgan fingerprint density at radius 2 is 2.46 bits per heavy atom. The summed E-state index contributed by atoms with van der Waals surface area (Å²) in [6, 6.07) is 0. The molecule has 1 aliphatic rings. The van der Waals surface area contributed by atoms with Gasteiger partial charge in [0.2, 0.25) is 0 Å². The van der Waals surface area contributed by atoms with Crippen LogP contribution >= 0.6 is 0 Å². The Morgan fingerprint density at radius 1 is 1.54 bits per heavy atom. The molecule has 2 aromatic heterocycles. The van der Waals surface area contributed by atoms with Gasteiger partial charge in [0.1, 0.15) is 6.33 Å². The monoisotopic (exact) mass is 174 g/mol. The van der Waals surface area contributed by atoms with E-state index in [1.807, 2.05) is 6.08 Å². The number of aromatic amines is 1. The van der Waals surface area contributed by atoms with Gasteiger partial charge in [-0.25, -0.2) is 9.97 Å². The van der Waals surface area contributed by atoms with Gasteiger partial charge in [-0.05, 0) is 0 Å². The molecule has 1 aliphatic carbocycles. The van der Waals surface area contributed by atoms with Crippen molar-refractivity contribution >= 4 is 11.9 Å². The van der Waals surface area contributed by atoms with Crippen molar-refractivity contribution in [3.05, 3.63) is 34.0 Å². The minimum absolute atomic E-state index is 0.0775. The summed E-state index contributed by atoms with van der Waals surface area (Å²) < 4.78 is 1.34. The van der Waals surface area contributed by atoms with Crippen molar-refractivity contribution < 1.29 is 0 Å². The van der Waals surface area contributed by atoms with Gasteiger partial charge in [0.25, 0.3) is 11.3 Å². The molecule has 0 atom stereocenters. The number of nitrogens with zero attached hydrogens (tertiary/aromatic N) is 3. The van der Waals surface area contributed by atoms with Crippen molar-refractivity contribution in [2.45, 2.75) is 6.42 Å². The highest BCUT2D eigenvalue weighted by Gasteiger charge is 2.13. The first-order valence-corrected chi connectivity index (χ1v) is 3.98. The fourth-order valence-corrected chi connectivity index (χ4v) is 1.52. The maximum absolute atomic E-state index is 11.7. The summed E-state index contributed by atoms with van der Waals surface area (Å²) in [5, 5.41) is 2.71. The molecule has 13 heavy (non-hydrogen) atoms. The third-order valence-electron chi connectivity index (χ3n) is 2.14. The van der Waals surface area contributed by atoms with Gasteiger partial charge >= 0.3 is 0 Å². The molecule has 2 heterocycles. The summed E-state index contributed by atoms with van der Waals surface area (Å²) in [5.74, 6) is 0.437. The molecule has 3 rings (SSSR count). The van der Waals surface area contributed by atoms with E-state index in [-0.39, 0.29) is 5.56 Å². The van der Waals surface area contributed by atoms with Crippen LogP contribution in [0.3, 0.4) is 0 Å². The summed E-state index contributed by atoms with van der Waals surface area (Å²) >= 11 is 0. The zero-order valence-corrected chi connectivity index (χ0v) is 6.69. The summed E-state index contributed by atoms with van der Waals surface area (Å²) in [5.41, 5.74) is 1.41. The van der Waals surface area contributed by atoms with Gasteiger partial charge in [0.15, 0.2) is 0 Å². The maximum atomic E-state index is 11.7. The third kappa shape index (κ3) is 0.729. The van der Waals surface area contributed by atoms with Crippen LogP contribution in [0.4, 0.5) is 0 Å². The number of nitrogens with one attached hydrogen (secondary N) is 1. The summed E-state index contributed by atoms with van der Waals surface area (Å²) in [7, 11) is 0. The molecule has 64 valence electrons. The summed E-state index contributed by atoms with van der Waals surface area (Å²) in [4.78, 5) is 19.8. The molecule has 0 aromatic carbocycles. The zero-order valence-electron chi connectivity index (χ0n) is 6.69. The van der Waals surface area contributed by atoms with Gasteiger partial charge in [-0.1, -0.05) is 12.2 Å². The molecule has 0 bridgehead atoms. The second kappa shape index (κ2) is 2.07. The molecule has 0 saturated heterocycles. The average Bonchev–Trinajstić information content (AvgIpc) is 2.71. The maximum Gasteiger partial charge on any atom is 0.281 e. The number of H-pyrrole nitrogens is 1. The van der Waals surface area contributed by atoms with Gasteiger partial charge in [-0.3, -0.25) is 9.89 Å². The molecule has 0 fully saturated rings. The molecule has 0 unspecified atom stereocenters. The van der Waals surface area contributed by atoms with Gasteiger partial charge < -0.3 is 0 Å². The minimum atomic E-state index is -0.0775. The first kappa shape index (κ1) is 6.59. The molecular formula is C8H6N4O. The molecule has 0 amide bonds. The molecule has 0 saturated carbocycles. The van der Waals surface area contributed by atoms with Crippen LogP contribution in [0.15, 0.2) is 17.2 Å². The van der Waals surface area contributed by atoms with E-state index in [0.717, 1.165) is 12.1 Å². The molecule has 1 N–H and O–H groups in total. The number of hydrogen-bond donors (Lipinski definition) is 1. The Balaban J connectivity index is 2.58. The van der Waals surface area contributed by atoms with Crippen molar-refractivity contribution in [1.29, 1.82) is 0 Å². The fraction of sp³-hybridized carbons (Fsp3) is 0.125. The Hall–Kier alpha value is -1.91. The fourth-order valence-electron chi connectivity index (χ4n) is 1.52. The van der Waals surface area contributed by atoms with Crippen molar-refractivity contribution in [2.24, 2.45) is 0 Å². The van der Waals surface area contributed by atoms with E-state index < -0.39 is 0 Å². The Bertz CT molecular complexity index is 563. The molecule has 5 nitrogen and oxygen atoms in total. The van der Waals surface area contributed by atoms with E-state index in [4.69, 9.17) is 0 Å². The number of hydrogen-bond acceptors (Lipinski definition) is 3. The summed E-state index contributed by atoms with van der Waals surface area (Å²) in [6.07, 6.45) is 5.92. The number of fused-ring (bicyclic) bond motifs is 2. The van der Waals surface area contributed by atoms with Gasteiger partial charge in [0, 0.05) is 6.42 Å². The third-order valence-corrected chi connectivity index (χ3v) is 2.14. The van der Waals surface area contributed by atoms with Crippen molar-refractivity contribution in [1.82, 2.24) is 19.6 Å². The van der Waals surface area contributed by atoms with E-state index in [1.165, 1.54) is 10.8 Å². The molecule has 0 radical (unpaired) electrons. The van der Waals surface area contributed by atoms with Crippen LogP contribution in [0.1, 0.15) is 11.3 Å². The average molecular weight is 174 g/mol. The normalized spacial score (nSPS) is 13.8. The van der Waals surface area contributed by atoms with Crippen LogP contribution in [-0.2, 0) is 6.42 Å². The lowest BCUT2D eigenvalue weighted by Gasteiger charge is -1.96. The quantitative estimate of drug-likeness (QED) is 0.610. The number of allylic oxidation sites excluding steroid dienone is 1. The highest BCUT2D eigenvalue weighted by atomic mass is 16.1. The van der Waals surface area contributed by atoms with Crippen LogP contribution in [0, 0.1) is 0 Å². The van der Waals surface area contributed by atoms with Crippen molar-refractivity contribution in [3.63, 3.8) is 0 Å². The van der Waals surface area contributed by atoms with E-state index in [9.17, 15) is 4.79 Å². The molecule has 0 spiro atoms. The van der Waals surface area contributed by atoms with Gasteiger partial charge in [-0.2, -0.15) is 4.52 Å². The molecule has 0 aliphatic heterocycles. The van der Waals surface area contributed by atoms with Crippen LogP contribution in [-0.4, -0.2) is 19.6 Å². The van der Waals surface area contributed by atoms with Gasteiger partial charge in [0.05, 0.1) is 11.3 Å². The lowest BCUT2D eigenvalue weighted by atomic mass is 10.3. The smallest absolute Gasteiger partial charge is 0.278 e. The Kier molecular flexibility index (Phi) is 1.05.